The lowest BCUT2D eigenvalue weighted by Gasteiger charge is -2.27. The molecule has 1 aromatic rings. The lowest BCUT2D eigenvalue weighted by atomic mass is 9.86. The molecular weight excluding hydrogens is 529 g/mol. The van der Waals surface area contributed by atoms with Gasteiger partial charge >= 0.3 is 0 Å². The van der Waals surface area contributed by atoms with Gasteiger partial charge in [0.1, 0.15) is 0 Å². The summed E-state index contributed by atoms with van der Waals surface area (Å²) in [5.41, 5.74) is 2.49. The molecule has 0 spiro atoms. The van der Waals surface area contributed by atoms with Crippen LogP contribution in [0, 0.1) is 5.92 Å². The smallest absolute Gasteiger partial charge is 0.213 e. The van der Waals surface area contributed by atoms with E-state index in [4.69, 9.17) is 4.74 Å². The molecule has 2 aliphatic rings. The third-order valence-corrected chi connectivity index (χ3v) is 7.11. The van der Waals surface area contributed by atoms with Crippen molar-refractivity contribution in [2.75, 3.05) is 52.2 Å². The number of nitrogens with zero attached hydrogens (tertiary/aromatic N) is 2. The largest absolute Gasteiger partial charge is 0.379 e. The lowest BCUT2D eigenvalue weighted by molar-refractivity contribution is 0.0341. The van der Waals surface area contributed by atoms with E-state index in [1.54, 1.807) is 7.05 Å². The minimum Gasteiger partial charge on any atom is -0.379 e. The Morgan fingerprint density at radius 1 is 1.16 bits per heavy atom. The summed E-state index contributed by atoms with van der Waals surface area (Å²) >= 11 is 0. The molecule has 1 saturated carbocycles. The summed E-state index contributed by atoms with van der Waals surface area (Å²) < 4.78 is 32.4. The second-order valence-corrected chi connectivity index (χ2v) is 9.90. The first-order valence-corrected chi connectivity index (χ1v) is 12.5. The van der Waals surface area contributed by atoms with Crippen LogP contribution in [0.4, 0.5) is 0 Å². The first kappa shape index (κ1) is 26.3. The van der Waals surface area contributed by atoms with Crippen molar-refractivity contribution in [3.8, 4) is 0 Å². The average Bonchev–Trinajstić information content (AvgIpc) is 2.71. The molecule has 3 N–H and O–H groups in total. The lowest BCUT2D eigenvalue weighted by Crippen LogP contribution is -2.42. The van der Waals surface area contributed by atoms with Crippen LogP contribution in [-0.2, 0) is 27.8 Å². The van der Waals surface area contributed by atoms with Gasteiger partial charge in [0.15, 0.2) is 5.96 Å². The van der Waals surface area contributed by atoms with Crippen LogP contribution < -0.4 is 15.4 Å². The van der Waals surface area contributed by atoms with Gasteiger partial charge in [-0.25, -0.2) is 13.1 Å². The molecule has 31 heavy (non-hydrogen) atoms. The molecule has 3 rings (SSSR count). The number of hydrogen-bond acceptors (Lipinski definition) is 5. The minimum absolute atomic E-state index is 0. The Labute approximate surface area is 203 Å². The summed E-state index contributed by atoms with van der Waals surface area (Å²) in [6.45, 7) is 5.89. The van der Waals surface area contributed by atoms with E-state index in [1.165, 1.54) is 17.5 Å². The molecule has 1 aliphatic carbocycles. The van der Waals surface area contributed by atoms with Crippen LogP contribution in [0.5, 0.6) is 0 Å². The van der Waals surface area contributed by atoms with Crippen LogP contribution >= 0.6 is 24.0 Å². The molecule has 0 aromatic heterocycles. The van der Waals surface area contributed by atoms with E-state index in [0.717, 1.165) is 45.7 Å². The second kappa shape index (κ2) is 13.6. The van der Waals surface area contributed by atoms with Crippen LogP contribution in [0.25, 0.3) is 0 Å². The van der Waals surface area contributed by atoms with Crippen LogP contribution in [0.2, 0.25) is 0 Å². The maximum absolute atomic E-state index is 12.1. The zero-order valence-electron chi connectivity index (χ0n) is 18.3. The Kier molecular flexibility index (Phi) is 11.5. The normalized spacial score (nSPS) is 18.2. The summed E-state index contributed by atoms with van der Waals surface area (Å²) in [5, 5.41) is 6.40. The van der Waals surface area contributed by atoms with Crippen molar-refractivity contribution >= 4 is 40.0 Å². The quantitative estimate of drug-likeness (QED) is 0.226. The molecule has 1 aliphatic heterocycles. The number of nitrogens with one attached hydrogen (secondary N) is 3. The van der Waals surface area contributed by atoms with E-state index >= 15 is 0 Å². The van der Waals surface area contributed by atoms with Crippen LogP contribution in [0.3, 0.4) is 0 Å². The summed E-state index contributed by atoms with van der Waals surface area (Å²) in [5.74, 6) is 1.15. The van der Waals surface area contributed by atoms with Gasteiger partial charge in [-0.3, -0.25) is 9.89 Å². The second-order valence-electron chi connectivity index (χ2n) is 7.97. The van der Waals surface area contributed by atoms with E-state index < -0.39 is 10.0 Å². The molecule has 0 atom stereocenters. The minimum atomic E-state index is -3.26. The van der Waals surface area contributed by atoms with Gasteiger partial charge in [-0.05, 0) is 29.9 Å². The molecule has 0 unspecified atom stereocenters. The van der Waals surface area contributed by atoms with Gasteiger partial charge in [0.25, 0.3) is 0 Å². The van der Waals surface area contributed by atoms with Crippen LogP contribution in [0.1, 0.15) is 30.4 Å². The SMILES string of the molecule is CN=C(NCCS(=O)(=O)NCC1CCC1)NCc1ccccc1CN1CCOCC1.I. The molecule has 8 nitrogen and oxygen atoms in total. The summed E-state index contributed by atoms with van der Waals surface area (Å²) in [4.78, 5) is 6.62. The van der Waals surface area contributed by atoms with Gasteiger partial charge < -0.3 is 15.4 Å². The standard InChI is InChI=1S/C21H35N5O3S.HI/c1-22-21(23-9-14-30(27,28)25-15-18-5-4-6-18)24-16-19-7-2-3-8-20(19)17-26-10-12-29-13-11-26;/h2-3,7-8,18,25H,4-6,9-17H2,1H3,(H2,22,23,24);1H. The Morgan fingerprint density at radius 2 is 1.87 bits per heavy atom. The summed E-state index contributed by atoms with van der Waals surface area (Å²) in [6, 6.07) is 8.37. The Balaban J connectivity index is 0.00000341. The average molecular weight is 566 g/mol. The molecule has 0 bridgehead atoms. The molecular formula is C21H36IN5O3S. The van der Waals surface area contributed by atoms with Gasteiger partial charge in [-0.1, -0.05) is 30.7 Å². The predicted molar refractivity (Wildman–Crippen MR) is 135 cm³/mol. The number of guanidine groups is 1. The Hall–Kier alpha value is -0.950. The fourth-order valence-electron chi connectivity index (χ4n) is 3.60. The maximum atomic E-state index is 12.1. The highest BCUT2D eigenvalue weighted by molar-refractivity contribution is 14.0. The van der Waals surface area contributed by atoms with Crippen molar-refractivity contribution in [1.29, 1.82) is 0 Å². The fraction of sp³-hybridized carbons (Fsp3) is 0.667. The van der Waals surface area contributed by atoms with Gasteiger partial charge in [0.05, 0.1) is 19.0 Å². The number of ether oxygens (including phenoxy) is 1. The van der Waals surface area contributed by atoms with Gasteiger partial charge in [0, 0.05) is 46.3 Å². The van der Waals surface area contributed by atoms with Crippen molar-refractivity contribution < 1.29 is 13.2 Å². The third-order valence-electron chi connectivity index (χ3n) is 5.77. The Bertz CT molecular complexity index is 796. The number of rotatable bonds is 10. The van der Waals surface area contributed by atoms with E-state index in [0.29, 0.717) is 31.5 Å². The van der Waals surface area contributed by atoms with Crippen molar-refractivity contribution in [3.05, 3.63) is 35.4 Å². The number of halogens is 1. The molecule has 176 valence electrons. The Morgan fingerprint density at radius 3 is 2.52 bits per heavy atom. The summed E-state index contributed by atoms with van der Waals surface area (Å²) in [7, 11) is -1.57. The number of morpholine rings is 1. The highest BCUT2D eigenvalue weighted by atomic mass is 127. The van der Waals surface area contributed by atoms with Gasteiger partial charge in [-0.15, -0.1) is 24.0 Å². The van der Waals surface area contributed by atoms with Crippen LogP contribution in [-0.4, -0.2) is 71.5 Å². The van der Waals surface area contributed by atoms with E-state index in [2.05, 4.69) is 43.4 Å². The third kappa shape index (κ3) is 9.21. The molecule has 10 heteroatoms. The number of hydrogen-bond donors (Lipinski definition) is 3. The topological polar surface area (TPSA) is 95.1 Å². The monoisotopic (exact) mass is 565 g/mol. The van der Waals surface area contributed by atoms with E-state index in [9.17, 15) is 8.42 Å². The summed E-state index contributed by atoms with van der Waals surface area (Å²) in [6.07, 6.45) is 3.47. The molecule has 2 fully saturated rings. The molecule has 1 saturated heterocycles. The van der Waals surface area contributed by atoms with Crippen molar-refractivity contribution in [2.24, 2.45) is 10.9 Å². The predicted octanol–water partition coefficient (Wildman–Crippen LogP) is 1.52. The van der Waals surface area contributed by atoms with Crippen LogP contribution in [0.15, 0.2) is 29.3 Å². The zero-order valence-corrected chi connectivity index (χ0v) is 21.5. The van der Waals surface area contributed by atoms with E-state index in [1.807, 2.05) is 6.07 Å². The zero-order chi connectivity index (χ0) is 21.2. The van der Waals surface area contributed by atoms with Gasteiger partial charge in [0.2, 0.25) is 10.0 Å². The maximum Gasteiger partial charge on any atom is 0.213 e. The van der Waals surface area contributed by atoms with Crippen molar-refractivity contribution in [2.45, 2.75) is 32.4 Å². The number of sulfonamides is 1. The number of benzene rings is 1. The van der Waals surface area contributed by atoms with Gasteiger partial charge in [-0.2, -0.15) is 0 Å². The molecule has 0 amide bonds. The first-order chi connectivity index (χ1) is 14.6. The molecule has 0 radical (unpaired) electrons. The highest BCUT2D eigenvalue weighted by Crippen LogP contribution is 2.25. The molecule has 1 heterocycles. The number of aliphatic imine (C=N–C) groups is 1. The molecule has 1 aromatic carbocycles. The first-order valence-electron chi connectivity index (χ1n) is 10.8. The van der Waals surface area contributed by atoms with Crippen molar-refractivity contribution in [3.63, 3.8) is 0 Å². The van der Waals surface area contributed by atoms with E-state index in [-0.39, 0.29) is 29.7 Å². The fourth-order valence-corrected chi connectivity index (χ4v) is 4.61. The highest BCUT2D eigenvalue weighted by Gasteiger charge is 2.20. The van der Waals surface area contributed by atoms with Crippen molar-refractivity contribution in [1.82, 2.24) is 20.3 Å².